The molecule has 1 fully saturated rings. The maximum absolute atomic E-state index is 11.4. The van der Waals surface area contributed by atoms with Crippen LogP contribution in [0.4, 0.5) is 0 Å². The molecule has 0 spiro atoms. The van der Waals surface area contributed by atoms with Gasteiger partial charge in [0, 0.05) is 0 Å². The highest BCUT2D eigenvalue weighted by atomic mass is 16.7. The lowest BCUT2D eigenvalue weighted by Crippen LogP contribution is -2.33. The van der Waals surface area contributed by atoms with Crippen molar-refractivity contribution in [3.8, 4) is 0 Å². The Kier molecular flexibility index (Phi) is 2.44. The molecule has 0 aliphatic carbocycles. The molecule has 2 rings (SSSR count). The van der Waals surface area contributed by atoms with E-state index in [2.05, 4.69) is 10.3 Å². The molecule has 1 N–H and O–H groups in total. The molecule has 72 valence electrons. The van der Waals surface area contributed by atoms with E-state index in [-0.39, 0.29) is 18.1 Å². The van der Waals surface area contributed by atoms with Gasteiger partial charge in [-0.25, -0.2) is 9.79 Å². The fourth-order valence-electron chi connectivity index (χ4n) is 1.42. The van der Waals surface area contributed by atoms with Gasteiger partial charge in [0.1, 0.15) is 12.6 Å². The van der Waals surface area contributed by atoms with E-state index in [0.717, 1.165) is 19.4 Å². The Morgan fingerprint density at radius 2 is 2.62 bits per heavy atom. The summed E-state index contributed by atoms with van der Waals surface area (Å²) in [6.07, 6.45) is 1.98. The molecule has 2 aliphatic heterocycles. The third-order valence-corrected chi connectivity index (χ3v) is 2.09. The van der Waals surface area contributed by atoms with E-state index in [1.165, 1.54) is 0 Å². The van der Waals surface area contributed by atoms with Crippen molar-refractivity contribution in [2.24, 2.45) is 4.99 Å². The summed E-state index contributed by atoms with van der Waals surface area (Å²) in [7, 11) is 0. The SMILES string of the molecule is O=C(OC1=NCCO1)[C@@H]1CCCN1. The lowest BCUT2D eigenvalue weighted by atomic mass is 10.2. The number of hydrogen-bond donors (Lipinski definition) is 1. The maximum Gasteiger partial charge on any atom is 0.391 e. The third kappa shape index (κ3) is 1.98. The van der Waals surface area contributed by atoms with Gasteiger partial charge in [-0.2, -0.15) is 0 Å². The second-order valence-corrected chi connectivity index (χ2v) is 3.07. The molecule has 0 bridgehead atoms. The Morgan fingerprint density at radius 3 is 3.23 bits per heavy atom. The van der Waals surface area contributed by atoms with Crippen LogP contribution in [0.1, 0.15) is 12.8 Å². The fraction of sp³-hybridized carbons (Fsp3) is 0.750. The van der Waals surface area contributed by atoms with E-state index in [0.29, 0.717) is 13.2 Å². The third-order valence-electron chi connectivity index (χ3n) is 2.09. The van der Waals surface area contributed by atoms with Crippen molar-refractivity contribution in [1.29, 1.82) is 0 Å². The summed E-state index contributed by atoms with van der Waals surface area (Å²) in [6.45, 7) is 1.98. The molecule has 1 saturated heterocycles. The zero-order valence-corrected chi connectivity index (χ0v) is 7.28. The molecular weight excluding hydrogens is 172 g/mol. The number of carbonyl (C=O) groups excluding carboxylic acids is 1. The van der Waals surface area contributed by atoms with E-state index in [1.54, 1.807) is 0 Å². The Bertz CT molecular complexity index is 234. The number of hydrogen-bond acceptors (Lipinski definition) is 5. The lowest BCUT2D eigenvalue weighted by molar-refractivity contribution is -0.139. The van der Waals surface area contributed by atoms with E-state index in [9.17, 15) is 4.79 Å². The van der Waals surface area contributed by atoms with Gasteiger partial charge in [0.25, 0.3) is 0 Å². The Balaban J connectivity index is 1.83. The molecule has 0 unspecified atom stereocenters. The molecule has 2 heterocycles. The highest BCUT2D eigenvalue weighted by molar-refractivity contribution is 5.88. The molecule has 0 amide bonds. The van der Waals surface area contributed by atoms with Gasteiger partial charge in [0.15, 0.2) is 0 Å². The maximum atomic E-state index is 11.4. The molecule has 0 aromatic heterocycles. The average Bonchev–Trinajstić information content (AvgIpc) is 2.74. The number of esters is 1. The van der Waals surface area contributed by atoms with Gasteiger partial charge in [-0.05, 0) is 19.4 Å². The summed E-state index contributed by atoms with van der Waals surface area (Å²) in [5.41, 5.74) is 0. The summed E-state index contributed by atoms with van der Waals surface area (Å²) in [5, 5.41) is 3.05. The molecule has 1 atom stereocenters. The van der Waals surface area contributed by atoms with Crippen LogP contribution in [0.3, 0.4) is 0 Å². The van der Waals surface area contributed by atoms with Crippen molar-refractivity contribution < 1.29 is 14.3 Å². The monoisotopic (exact) mass is 184 g/mol. The molecule has 5 heteroatoms. The van der Waals surface area contributed by atoms with Crippen molar-refractivity contribution in [2.45, 2.75) is 18.9 Å². The molecule has 0 aromatic carbocycles. The second-order valence-electron chi connectivity index (χ2n) is 3.07. The number of ether oxygens (including phenoxy) is 2. The fourth-order valence-corrected chi connectivity index (χ4v) is 1.42. The largest absolute Gasteiger partial charge is 0.448 e. The topological polar surface area (TPSA) is 59.9 Å². The number of carbonyl (C=O) groups is 1. The van der Waals surface area contributed by atoms with Gasteiger partial charge < -0.3 is 14.8 Å². The predicted octanol–water partition coefficient (Wildman–Crippen LogP) is -0.332. The average molecular weight is 184 g/mol. The molecule has 5 nitrogen and oxygen atoms in total. The minimum absolute atomic E-state index is 0.124. The van der Waals surface area contributed by atoms with E-state index < -0.39 is 0 Å². The number of nitrogens with zero attached hydrogens (tertiary/aromatic N) is 1. The summed E-state index contributed by atoms with van der Waals surface area (Å²) < 4.78 is 9.88. The molecule has 0 saturated carbocycles. The molecular formula is C8H12N2O3. The highest BCUT2D eigenvalue weighted by Crippen LogP contribution is 2.07. The number of nitrogens with one attached hydrogen (secondary N) is 1. The van der Waals surface area contributed by atoms with Crippen LogP contribution in [-0.2, 0) is 14.3 Å². The molecule has 2 aliphatic rings. The van der Waals surface area contributed by atoms with Crippen LogP contribution in [0.25, 0.3) is 0 Å². The minimum Gasteiger partial charge on any atom is -0.448 e. The standard InChI is InChI=1S/C8H12N2O3/c11-7(6-2-1-3-9-6)13-8-10-4-5-12-8/h6,9H,1-5H2/t6-/m0/s1. The highest BCUT2D eigenvalue weighted by Gasteiger charge is 2.26. The van der Waals surface area contributed by atoms with Crippen molar-refractivity contribution in [2.75, 3.05) is 19.7 Å². The van der Waals surface area contributed by atoms with Gasteiger partial charge >= 0.3 is 12.1 Å². The smallest absolute Gasteiger partial charge is 0.391 e. The molecule has 0 radical (unpaired) electrons. The first-order valence-electron chi connectivity index (χ1n) is 4.48. The second kappa shape index (κ2) is 3.74. The molecule has 0 aromatic rings. The quantitative estimate of drug-likeness (QED) is 0.567. The van der Waals surface area contributed by atoms with Gasteiger partial charge in [-0.15, -0.1) is 0 Å². The Morgan fingerprint density at radius 1 is 1.69 bits per heavy atom. The number of aliphatic imine (C=N–C) groups is 1. The molecule has 13 heavy (non-hydrogen) atoms. The first kappa shape index (κ1) is 8.50. The lowest BCUT2D eigenvalue weighted by Gasteiger charge is -2.08. The van der Waals surface area contributed by atoms with Gasteiger partial charge in [0.05, 0.1) is 6.54 Å². The Hall–Kier alpha value is -1.10. The Labute approximate surface area is 76.1 Å². The van der Waals surface area contributed by atoms with Crippen LogP contribution < -0.4 is 5.32 Å². The zero-order chi connectivity index (χ0) is 9.10. The van der Waals surface area contributed by atoms with Gasteiger partial charge in [0.2, 0.25) is 0 Å². The van der Waals surface area contributed by atoms with Crippen LogP contribution in [-0.4, -0.2) is 37.8 Å². The van der Waals surface area contributed by atoms with Crippen molar-refractivity contribution in [1.82, 2.24) is 5.32 Å². The van der Waals surface area contributed by atoms with Crippen LogP contribution in [0, 0.1) is 0 Å². The van der Waals surface area contributed by atoms with E-state index in [4.69, 9.17) is 9.47 Å². The summed E-state index contributed by atoms with van der Waals surface area (Å²) in [5.74, 6) is -0.279. The van der Waals surface area contributed by atoms with Crippen LogP contribution in [0.15, 0.2) is 4.99 Å². The normalized spacial score (nSPS) is 26.8. The van der Waals surface area contributed by atoms with Crippen molar-refractivity contribution in [3.05, 3.63) is 0 Å². The number of rotatable bonds is 1. The van der Waals surface area contributed by atoms with Gasteiger partial charge in [-0.3, -0.25) is 0 Å². The summed E-state index contributed by atoms with van der Waals surface area (Å²) in [6, 6.07) is -0.174. The minimum atomic E-state index is -0.279. The summed E-state index contributed by atoms with van der Waals surface area (Å²) >= 11 is 0. The van der Waals surface area contributed by atoms with Crippen LogP contribution in [0.5, 0.6) is 0 Å². The summed E-state index contributed by atoms with van der Waals surface area (Å²) in [4.78, 5) is 15.2. The first-order valence-corrected chi connectivity index (χ1v) is 4.48. The van der Waals surface area contributed by atoms with E-state index in [1.807, 2.05) is 0 Å². The van der Waals surface area contributed by atoms with Gasteiger partial charge in [-0.1, -0.05) is 0 Å². The van der Waals surface area contributed by atoms with Crippen molar-refractivity contribution in [3.63, 3.8) is 0 Å². The van der Waals surface area contributed by atoms with Crippen LogP contribution >= 0.6 is 0 Å². The van der Waals surface area contributed by atoms with Crippen molar-refractivity contribution >= 4 is 12.1 Å². The zero-order valence-electron chi connectivity index (χ0n) is 7.28. The first-order chi connectivity index (χ1) is 6.36. The predicted molar refractivity (Wildman–Crippen MR) is 45.4 cm³/mol. The van der Waals surface area contributed by atoms with Crippen LogP contribution in [0.2, 0.25) is 0 Å². The van der Waals surface area contributed by atoms with E-state index >= 15 is 0 Å².